The molecule has 0 radical (unpaired) electrons. The highest BCUT2D eigenvalue weighted by molar-refractivity contribution is 9.10. The van der Waals surface area contributed by atoms with Crippen LogP contribution in [0, 0.1) is 0 Å². The Labute approximate surface area is 267 Å². The summed E-state index contributed by atoms with van der Waals surface area (Å²) in [5.74, 6) is -0.204. The second-order valence-corrected chi connectivity index (χ2v) is 13.8. The van der Waals surface area contributed by atoms with Gasteiger partial charge < -0.3 is 15.0 Å². The maximum atomic E-state index is 14.1. The zero-order valence-electron chi connectivity index (χ0n) is 24.3. The Morgan fingerprint density at radius 1 is 0.977 bits per heavy atom. The van der Waals surface area contributed by atoms with Crippen molar-refractivity contribution in [1.82, 2.24) is 10.2 Å². The van der Waals surface area contributed by atoms with E-state index in [2.05, 4.69) is 21.2 Å². The molecular weight excluding hydrogens is 654 g/mol. The third kappa shape index (κ3) is 8.74. The number of carbonyl (C=O) groups is 2. The minimum Gasteiger partial charge on any atom is -0.494 e. The molecule has 1 aliphatic carbocycles. The van der Waals surface area contributed by atoms with E-state index in [1.165, 1.54) is 17.0 Å². The third-order valence-electron chi connectivity index (χ3n) is 7.50. The molecule has 0 saturated heterocycles. The van der Waals surface area contributed by atoms with E-state index in [1.807, 2.05) is 6.92 Å². The molecule has 0 heterocycles. The maximum absolute atomic E-state index is 14.1. The number of anilines is 1. The molecule has 1 saturated carbocycles. The van der Waals surface area contributed by atoms with Crippen molar-refractivity contribution in [3.05, 3.63) is 87.9 Å². The standard InChI is InChI=1S/C32H37BrClN3O5S/c1-3-42-29-17-15-28(16-18-29)37(43(40,41)30-19-11-25(33)12-20-30)22-31(38)36(21-24-9-13-26(34)14-10-24)23(2)32(39)35-27-7-5-4-6-8-27/h9-20,23,27H,3-8,21-22H2,1-2H3,(H,35,39)/t23-/m1/s1. The molecule has 230 valence electrons. The van der Waals surface area contributed by atoms with Crippen LogP contribution in [0.4, 0.5) is 5.69 Å². The average Bonchev–Trinajstić information content (AvgIpc) is 3.00. The average molecular weight is 691 g/mol. The van der Waals surface area contributed by atoms with Crippen LogP contribution in [-0.2, 0) is 26.2 Å². The molecule has 0 unspecified atom stereocenters. The summed E-state index contributed by atoms with van der Waals surface area (Å²) in [6, 6.07) is 19.0. The topological polar surface area (TPSA) is 96.0 Å². The molecule has 11 heteroatoms. The first-order valence-electron chi connectivity index (χ1n) is 14.4. The number of hydrogen-bond acceptors (Lipinski definition) is 5. The minimum absolute atomic E-state index is 0.0322. The lowest BCUT2D eigenvalue weighted by Gasteiger charge is -2.33. The highest BCUT2D eigenvalue weighted by Gasteiger charge is 2.33. The van der Waals surface area contributed by atoms with Crippen LogP contribution in [0.2, 0.25) is 5.02 Å². The van der Waals surface area contributed by atoms with Gasteiger partial charge in [0.1, 0.15) is 18.3 Å². The fourth-order valence-corrected chi connectivity index (χ4v) is 6.88. The van der Waals surface area contributed by atoms with Gasteiger partial charge in [-0.05, 0) is 92.9 Å². The Bertz CT molecular complexity index is 1480. The van der Waals surface area contributed by atoms with Crippen LogP contribution < -0.4 is 14.4 Å². The first-order chi connectivity index (χ1) is 20.6. The Balaban J connectivity index is 1.67. The van der Waals surface area contributed by atoms with E-state index in [0.29, 0.717) is 23.1 Å². The predicted octanol–water partition coefficient (Wildman–Crippen LogP) is 6.56. The van der Waals surface area contributed by atoms with Gasteiger partial charge in [0.05, 0.1) is 17.2 Å². The van der Waals surface area contributed by atoms with Crippen molar-refractivity contribution in [2.24, 2.45) is 0 Å². The molecule has 0 spiro atoms. The van der Waals surface area contributed by atoms with Gasteiger partial charge in [-0.3, -0.25) is 13.9 Å². The fourth-order valence-electron chi connectivity index (χ4n) is 5.08. The van der Waals surface area contributed by atoms with E-state index < -0.39 is 28.5 Å². The highest BCUT2D eigenvalue weighted by atomic mass is 79.9. The largest absolute Gasteiger partial charge is 0.494 e. The van der Waals surface area contributed by atoms with Crippen molar-refractivity contribution in [3.63, 3.8) is 0 Å². The maximum Gasteiger partial charge on any atom is 0.264 e. The number of hydrogen-bond donors (Lipinski definition) is 1. The molecule has 1 aliphatic rings. The monoisotopic (exact) mass is 689 g/mol. The van der Waals surface area contributed by atoms with E-state index in [0.717, 1.165) is 46.4 Å². The number of carbonyl (C=O) groups excluding carboxylic acids is 2. The van der Waals surface area contributed by atoms with Crippen LogP contribution in [0.1, 0.15) is 51.5 Å². The molecule has 2 amide bonds. The molecule has 3 aromatic carbocycles. The van der Waals surface area contributed by atoms with Crippen molar-refractivity contribution < 1.29 is 22.7 Å². The van der Waals surface area contributed by atoms with E-state index in [-0.39, 0.29) is 23.4 Å². The highest BCUT2D eigenvalue weighted by Crippen LogP contribution is 2.28. The molecule has 1 atom stereocenters. The van der Waals surface area contributed by atoms with Crippen LogP contribution in [0.3, 0.4) is 0 Å². The first kappa shape index (κ1) is 32.8. The Hall–Kier alpha value is -3.08. The number of halogens is 2. The number of rotatable bonds is 12. The quantitative estimate of drug-likeness (QED) is 0.232. The Morgan fingerprint density at radius 3 is 2.21 bits per heavy atom. The SMILES string of the molecule is CCOc1ccc(N(CC(=O)N(Cc2ccc(Cl)cc2)[C@H](C)C(=O)NC2CCCCC2)S(=O)(=O)c2ccc(Br)cc2)cc1. The van der Waals surface area contributed by atoms with Gasteiger partial charge in [0.2, 0.25) is 11.8 Å². The Morgan fingerprint density at radius 2 is 1.60 bits per heavy atom. The van der Waals surface area contributed by atoms with Gasteiger partial charge in [-0.25, -0.2) is 8.42 Å². The van der Waals surface area contributed by atoms with Crippen molar-refractivity contribution in [1.29, 1.82) is 0 Å². The fraction of sp³-hybridized carbons (Fsp3) is 0.375. The number of amides is 2. The molecule has 4 rings (SSSR count). The van der Waals surface area contributed by atoms with Gasteiger partial charge in [-0.1, -0.05) is 58.9 Å². The van der Waals surface area contributed by atoms with Crippen molar-refractivity contribution in [2.45, 2.75) is 69.5 Å². The van der Waals surface area contributed by atoms with Crippen molar-refractivity contribution in [2.75, 3.05) is 17.5 Å². The van der Waals surface area contributed by atoms with E-state index >= 15 is 0 Å². The summed E-state index contributed by atoms with van der Waals surface area (Å²) in [5.41, 5.74) is 1.06. The number of ether oxygens (including phenoxy) is 1. The lowest BCUT2D eigenvalue weighted by atomic mass is 9.95. The van der Waals surface area contributed by atoms with Gasteiger partial charge in [0, 0.05) is 22.1 Å². The van der Waals surface area contributed by atoms with Crippen LogP contribution >= 0.6 is 27.5 Å². The van der Waals surface area contributed by atoms with Crippen molar-refractivity contribution in [3.8, 4) is 5.75 Å². The third-order valence-corrected chi connectivity index (χ3v) is 10.1. The number of nitrogens with zero attached hydrogens (tertiary/aromatic N) is 2. The smallest absolute Gasteiger partial charge is 0.264 e. The summed E-state index contributed by atoms with van der Waals surface area (Å²) >= 11 is 9.44. The van der Waals surface area contributed by atoms with Crippen LogP contribution in [0.25, 0.3) is 0 Å². The van der Waals surface area contributed by atoms with E-state index in [1.54, 1.807) is 67.6 Å². The summed E-state index contributed by atoms with van der Waals surface area (Å²) in [5, 5.41) is 3.66. The summed E-state index contributed by atoms with van der Waals surface area (Å²) in [6.07, 6.45) is 5.06. The van der Waals surface area contributed by atoms with Gasteiger partial charge in [-0.2, -0.15) is 0 Å². The Kier molecular flexibility index (Phi) is 11.5. The molecule has 0 bridgehead atoms. The molecule has 1 fully saturated rings. The zero-order chi connectivity index (χ0) is 31.0. The summed E-state index contributed by atoms with van der Waals surface area (Å²) < 4.78 is 35.3. The predicted molar refractivity (Wildman–Crippen MR) is 173 cm³/mol. The summed E-state index contributed by atoms with van der Waals surface area (Å²) in [7, 11) is -4.17. The van der Waals surface area contributed by atoms with Gasteiger partial charge >= 0.3 is 0 Å². The van der Waals surface area contributed by atoms with Gasteiger partial charge in [0.15, 0.2) is 0 Å². The van der Waals surface area contributed by atoms with Crippen LogP contribution in [0.5, 0.6) is 5.75 Å². The molecule has 0 aliphatic heterocycles. The molecule has 8 nitrogen and oxygen atoms in total. The summed E-state index contributed by atoms with van der Waals surface area (Å²) in [4.78, 5) is 29.0. The molecule has 43 heavy (non-hydrogen) atoms. The van der Waals surface area contributed by atoms with Crippen LogP contribution in [-0.4, -0.2) is 50.4 Å². The lowest BCUT2D eigenvalue weighted by Crippen LogP contribution is -2.53. The van der Waals surface area contributed by atoms with E-state index in [4.69, 9.17) is 16.3 Å². The van der Waals surface area contributed by atoms with E-state index in [9.17, 15) is 18.0 Å². The number of nitrogens with one attached hydrogen (secondary N) is 1. The molecule has 3 aromatic rings. The second kappa shape index (κ2) is 15.1. The van der Waals surface area contributed by atoms with Crippen molar-refractivity contribution >= 4 is 55.1 Å². The zero-order valence-corrected chi connectivity index (χ0v) is 27.5. The second-order valence-electron chi connectivity index (χ2n) is 10.6. The number of benzene rings is 3. The van der Waals surface area contributed by atoms with Crippen LogP contribution in [0.15, 0.2) is 82.2 Å². The molecule has 1 N–H and O–H groups in total. The lowest BCUT2D eigenvalue weighted by molar-refractivity contribution is -0.139. The number of sulfonamides is 1. The minimum atomic E-state index is -4.17. The van der Waals surface area contributed by atoms with Gasteiger partial charge in [0.25, 0.3) is 10.0 Å². The summed E-state index contributed by atoms with van der Waals surface area (Å²) in [6.45, 7) is 3.58. The first-order valence-corrected chi connectivity index (χ1v) is 17.0. The molecular formula is C32H37BrClN3O5S. The normalized spacial score (nSPS) is 14.5. The molecule has 0 aromatic heterocycles. The van der Waals surface area contributed by atoms with Gasteiger partial charge in [-0.15, -0.1) is 0 Å².